The van der Waals surface area contributed by atoms with E-state index in [1.54, 1.807) is 0 Å². The molecule has 2 aliphatic heterocycles. The van der Waals surface area contributed by atoms with Gasteiger partial charge in [-0.1, -0.05) is 18.2 Å². The number of hydrogen-bond donors (Lipinski definition) is 2. The molecule has 6 heteroatoms. The fourth-order valence-electron chi connectivity index (χ4n) is 3.84. The van der Waals surface area contributed by atoms with Crippen molar-refractivity contribution in [3.8, 4) is 0 Å². The highest BCUT2D eigenvalue weighted by Crippen LogP contribution is 2.19. The van der Waals surface area contributed by atoms with E-state index >= 15 is 0 Å². The molecule has 0 radical (unpaired) electrons. The quantitative estimate of drug-likeness (QED) is 0.880. The smallest absolute Gasteiger partial charge is 0.239 e. The SMILES string of the molecule is O=C(Cc1c[nH]c2ccccc12)N1CCN(C(=O)C2CCCN2)CC1. The molecule has 4 rings (SSSR count). The number of para-hydroxylation sites is 1. The van der Waals surface area contributed by atoms with Crippen molar-refractivity contribution in [2.45, 2.75) is 25.3 Å². The van der Waals surface area contributed by atoms with Crippen molar-refractivity contribution in [2.75, 3.05) is 32.7 Å². The van der Waals surface area contributed by atoms with Gasteiger partial charge in [0, 0.05) is 43.3 Å². The topological polar surface area (TPSA) is 68.4 Å². The standard InChI is InChI=1S/C19H24N4O2/c24-18(12-14-13-21-16-5-2-1-4-15(14)16)22-8-10-23(11-9-22)19(25)17-6-3-7-20-17/h1-2,4-5,13,17,20-21H,3,6-12H2. The first-order valence-corrected chi connectivity index (χ1v) is 9.07. The molecule has 0 aliphatic carbocycles. The van der Waals surface area contributed by atoms with E-state index in [0.717, 1.165) is 35.9 Å². The van der Waals surface area contributed by atoms with Gasteiger partial charge in [-0.25, -0.2) is 0 Å². The largest absolute Gasteiger partial charge is 0.361 e. The Hall–Kier alpha value is -2.34. The molecule has 132 valence electrons. The second-order valence-electron chi connectivity index (χ2n) is 6.89. The van der Waals surface area contributed by atoms with Crippen LogP contribution in [0, 0.1) is 0 Å². The summed E-state index contributed by atoms with van der Waals surface area (Å²) in [6.07, 6.45) is 4.33. The summed E-state index contributed by atoms with van der Waals surface area (Å²) in [5, 5.41) is 4.37. The molecule has 1 aromatic heterocycles. The van der Waals surface area contributed by atoms with Crippen molar-refractivity contribution in [2.24, 2.45) is 0 Å². The molecule has 2 amide bonds. The minimum absolute atomic E-state index is 0.0199. The summed E-state index contributed by atoms with van der Waals surface area (Å²) < 4.78 is 0. The van der Waals surface area contributed by atoms with Gasteiger partial charge in [0.1, 0.15) is 0 Å². The summed E-state index contributed by atoms with van der Waals surface area (Å²) in [4.78, 5) is 32.1. The monoisotopic (exact) mass is 340 g/mol. The van der Waals surface area contributed by atoms with Crippen molar-refractivity contribution >= 4 is 22.7 Å². The van der Waals surface area contributed by atoms with Crippen LogP contribution in [0.15, 0.2) is 30.5 Å². The van der Waals surface area contributed by atoms with E-state index in [4.69, 9.17) is 0 Å². The maximum Gasteiger partial charge on any atom is 0.239 e. The third-order valence-corrected chi connectivity index (χ3v) is 5.32. The Bertz CT molecular complexity index is 771. The lowest BCUT2D eigenvalue weighted by molar-refractivity contribution is -0.140. The molecule has 0 spiro atoms. The second kappa shape index (κ2) is 6.88. The van der Waals surface area contributed by atoms with Gasteiger partial charge in [0.15, 0.2) is 0 Å². The highest BCUT2D eigenvalue weighted by Gasteiger charge is 2.30. The molecule has 1 atom stereocenters. The molecule has 2 aliphatic rings. The van der Waals surface area contributed by atoms with E-state index in [2.05, 4.69) is 10.3 Å². The number of carbonyl (C=O) groups excluding carboxylic acids is 2. The van der Waals surface area contributed by atoms with Crippen LogP contribution in [0.4, 0.5) is 0 Å². The minimum Gasteiger partial charge on any atom is -0.361 e. The predicted molar refractivity (Wildman–Crippen MR) is 96.2 cm³/mol. The van der Waals surface area contributed by atoms with Gasteiger partial charge in [-0.15, -0.1) is 0 Å². The van der Waals surface area contributed by atoms with Gasteiger partial charge in [-0.05, 0) is 31.0 Å². The fraction of sp³-hybridized carbons (Fsp3) is 0.474. The van der Waals surface area contributed by atoms with Crippen LogP contribution in [0.2, 0.25) is 0 Å². The maximum absolute atomic E-state index is 12.6. The van der Waals surface area contributed by atoms with Gasteiger partial charge < -0.3 is 20.1 Å². The van der Waals surface area contributed by atoms with E-state index in [9.17, 15) is 9.59 Å². The summed E-state index contributed by atoms with van der Waals surface area (Å²) in [5.74, 6) is 0.331. The average Bonchev–Trinajstić information content (AvgIpc) is 3.32. The summed E-state index contributed by atoms with van der Waals surface area (Å²) >= 11 is 0. The Balaban J connectivity index is 1.34. The zero-order valence-corrected chi connectivity index (χ0v) is 14.3. The van der Waals surface area contributed by atoms with Crippen molar-refractivity contribution in [1.82, 2.24) is 20.1 Å². The van der Waals surface area contributed by atoms with Gasteiger partial charge in [0.25, 0.3) is 0 Å². The first-order valence-electron chi connectivity index (χ1n) is 9.07. The molecule has 2 saturated heterocycles. The number of aromatic amines is 1. The van der Waals surface area contributed by atoms with Crippen LogP contribution < -0.4 is 5.32 Å². The number of benzene rings is 1. The number of piperazine rings is 1. The molecule has 2 aromatic rings. The van der Waals surface area contributed by atoms with Crippen molar-refractivity contribution in [3.63, 3.8) is 0 Å². The minimum atomic E-state index is -0.0199. The molecule has 2 fully saturated rings. The van der Waals surface area contributed by atoms with Crippen LogP contribution in [0.25, 0.3) is 10.9 Å². The fourth-order valence-corrected chi connectivity index (χ4v) is 3.84. The highest BCUT2D eigenvalue weighted by atomic mass is 16.2. The number of carbonyl (C=O) groups is 2. The Kier molecular flexibility index (Phi) is 4.44. The first-order chi connectivity index (χ1) is 12.2. The van der Waals surface area contributed by atoms with E-state index in [-0.39, 0.29) is 17.9 Å². The Morgan fingerprint density at radius 1 is 1.08 bits per heavy atom. The normalized spacial score (nSPS) is 21.0. The average molecular weight is 340 g/mol. The molecule has 25 heavy (non-hydrogen) atoms. The van der Waals surface area contributed by atoms with Gasteiger partial charge in [0.05, 0.1) is 12.5 Å². The zero-order valence-electron chi connectivity index (χ0n) is 14.3. The van der Waals surface area contributed by atoms with Crippen LogP contribution in [-0.2, 0) is 16.0 Å². The number of hydrogen-bond acceptors (Lipinski definition) is 3. The zero-order chi connectivity index (χ0) is 17.2. The Labute approximate surface area is 147 Å². The molecule has 1 unspecified atom stereocenters. The summed E-state index contributed by atoms with van der Waals surface area (Å²) in [5.41, 5.74) is 2.10. The lowest BCUT2D eigenvalue weighted by Gasteiger charge is -2.36. The second-order valence-corrected chi connectivity index (χ2v) is 6.89. The number of aromatic nitrogens is 1. The molecule has 0 saturated carbocycles. The van der Waals surface area contributed by atoms with E-state index < -0.39 is 0 Å². The number of fused-ring (bicyclic) bond motifs is 1. The van der Waals surface area contributed by atoms with Crippen LogP contribution >= 0.6 is 0 Å². The molecular weight excluding hydrogens is 316 g/mol. The molecule has 0 bridgehead atoms. The summed E-state index contributed by atoms with van der Waals surface area (Å²) in [6, 6.07) is 8.02. The van der Waals surface area contributed by atoms with Crippen molar-refractivity contribution in [1.29, 1.82) is 0 Å². The van der Waals surface area contributed by atoms with Gasteiger partial charge in [0.2, 0.25) is 11.8 Å². The third-order valence-electron chi connectivity index (χ3n) is 5.32. The first kappa shape index (κ1) is 16.1. The van der Waals surface area contributed by atoms with E-state index in [1.807, 2.05) is 40.3 Å². The molecule has 6 nitrogen and oxygen atoms in total. The van der Waals surface area contributed by atoms with Crippen LogP contribution in [0.3, 0.4) is 0 Å². The van der Waals surface area contributed by atoms with Gasteiger partial charge >= 0.3 is 0 Å². The number of amides is 2. The van der Waals surface area contributed by atoms with Crippen LogP contribution in [0.5, 0.6) is 0 Å². The highest BCUT2D eigenvalue weighted by molar-refractivity contribution is 5.89. The number of H-pyrrole nitrogens is 1. The van der Waals surface area contributed by atoms with Gasteiger partial charge in [-0.2, -0.15) is 0 Å². The Morgan fingerprint density at radius 3 is 2.60 bits per heavy atom. The van der Waals surface area contributed by atoms with Crippen molar-refractivity contribution < 1.29 is 9.59 Å². The predicted octanol–water partition coefficient (Wildman–Crippen LogP) is 1.13. The molecule has 3 heterocycles. The number of rotatable bonds is 3. The number of nitrogens with zero attached hydrogens (tertiary/aromatic N) is 2. The van der Waals surface area contributed by atoms with E-state index in [0.29, 0.717) is 32.6 Å². The maximum atomic E-state index is 12.6. The van der Waals surface area contributed by atoms with E-state index in [1.165, 1.54) is 0 Å². The Morgan fingerprint density at radius 2 is 1.84 bits per heavy atom. The van der Waals surface area contributed by atoms with Crippen LogP contribution in [0.1, 0.15) is 18.4 Å². The van der Waals surface area contributed by atoms with Crippen LogP contribution in [-0.4, -0.2) is 65.4 Å². The lowest BCUT2D eigenvalue weighted by Crippen LogP contribution is -2.54. The summed E-state index contributed by atoms with van der Waals surface area (Å²) in [7, 11) is 0. The van der Waals surface area contributed by atoms with Crippen molar-refractivity contribution in [3.05, 3.63) is 36.0 Å². The number of nitrogens with one attached hydrogen (secondary N) is 2. The summed E-state index contributed by atoms with van der Waals surface area (Å²) in [6.45, 7) is 3.45. The molecule has 2 N–H and O–H groups in total. The lowest BCUT2D eigenvalue weighted by atomic mass is 10.1. The molecular formula is C19H24N4O2. The molecule has 1 aromatic carbocycles. The van der Waals surface area contributed by atoms with Gasteiger partial charge in [-0.3, -0.25) is 9.59 Å². The third kappa shape index (κ3) is 3.26.